The van der Waals surface area contributed by atoms with Crippen LogP contribution >= 0.6 is 0 Å². The Bertz CT molecular complexity index is 1010. The van der Waals surface area contributed by atoms with Crippen molar-refractivity contribution in [3.63, 3.8) is 0 Å². The van der Waals surface area contributed by atoms with Crippen molar-refractivity contribution in [2.45, 2.75) is 23.8 Å². The lowest BCUT2D eigenvalue weighted by atomic mass is 10.0. The summed E-state index contributed by atoms with van der Waals surface area (Å²) in [5, 5.41) is 0. The number of aromatic nitrogens is 2. The lowest BCUT2D eigenvalue weighted by Crippen LogP contribution is -2.29. The van der Waals surface area contributed by atoms with Gasteiger partial charge in [-0.2, -0.15) is 4.31 Å². The highest BCUT2D eigenvalue weighted by atomic mass is 32.2. The average molecular weight is 448 g/mol. The zero-order chi connectivity index (χ0) is 22.6. The van der Waals surface area contributed by atoms with E-state index >= 15 is 0 Å². The Morgan fingerprint density at radius 1 is 1.16 bits per heavy atom. The second-order valence-corrected chi connectivity index (χ2v) is 9.81. The van der Waals surface area contributed by atoms with Crippen molar-refractivity contribution in [1.29, 1.82) is 0 Å². The fraction of sp³-hybridized carbons (Fsp3) is 0.476. The number of anilines is 1. The summed E-state index contributed by atoms with van der Waals surface area (Å²) in [6.45, 7) is 1.62. The molecule has 2 heterocycles. The van der Waals surface area contributed by atoms with Gasteiger partial charge in [-0.15, -0.1) is 0 Å². The number of carbonyl (C=O) groups excluding carboxylic acids is 1. The fourth-order valence-electron chi connectivity index (χ4n) is 3.46. The van der Waals surface area contributed by atoms with Crippen molar-refractivity contribution in [3.8, 4) is 0 Å². The van der Waals surface area contributed by atoms with Gasteiger partial charge < -0.3 is 14.5 Å². The zero-order valence-corrected chi connectivity index (χ0v) is 19.2. The SMILES string of the molecule is COCCN1C[C@H](c2cc(N(C)C)nc(CN(C)S(=O)(=O)c3ccccc3)n2)CC1=O. The summed E-state index contributed by atoms with van der Waals surface area (Å²) in [6, 6.07) is 10.1. The molecule has 1 fully saturated rings. The van der Waals surface area contributed by atoms with E-state index in [4.69, 9.17) is 4.74 Å². The largest absolute Gasteiger partial charge is 0.383 e. The van der Waals surface area contributed by atoms with Crippen molar-refractivity contribution < 1.29 is 17.9 Å². The van der Waals surface area contributed by atoms with Crippen LogP contribution in [0.5, 0.6) is 0 Å². The van der Waals surface area contributed by atoms with Gasteiger partial charge in [0, 0.05) is 59.7 Å². The molecule has 0 bridgehead atoms. The van der Waals surface area contributed by atoms with Crippen LogP contribution in [0, 0.1) is 0 Å². The van der Waals surface area contributed by atoms with Crippen molar-refractivity contribution >= 4 is 21.7 Å². The first-order valence-electron chi connectivity index (χ1n) is 10.1. The Kier molecular flexibility index (Phi) is 7.24. The van der Waals surface area contributed by atoms with E-state index in [-0.39, 0.29) is 23.3 Å². The van der Waals surface area contributed by atoms with E-state index in [0.717, 1.165) is 5.69 Å². The van der Waals surface area contributed by atoms with Gasteiger partial charge in [0.25, 0.3) is 0 Å². The van der Waals surface area contributed by atoms with E-state index in [2.05, 4.69) is 9.97 Å². The molecule has 168 valence electrons. The van der Waals surface area contributed by atoms with E-state index < -0.39 is 10.0 Å². The molecular formula is C21H29N5O4S. The van der Waals surface area contributed by atoms with Crippen LogP contribution < -0.4 is 4.90 Å². The van der Waals surface area contributed by atoms with Crippen molar-refractivity contribution in [2.24, 2.45) is 0 Å². The van der Waals surface area contributed by atoms with Gasteiger partial charge in [-0.1, -0.05) is 18.2 Å². The van der Waals surface area contributed by atoms with Gasteiger partial charge in [0.05, 0.1) is 23.7 Å². The van der Waals surface area contributed by atoms with Crippen LogP contribution in [0.2, 0.25) is 0 Å². The summed E-state index contributed by atoms with van der Waals surface area (Å²) in [7, 11) is 3.19. The summed E-state index contributed by atoms with van der Waals surface area (Å²) >= 11 is 0. The Balaban J connectivity index is 1.85. The molecule has 0 N–H and O–H groups in total. The van der Waals surface area contributed by atoms with Crippen LogP contribution in [0.25, 0.3) is 0 Å². The molecule has 31 heavy (non-hydrogen) atoms. The molecule has 0 aliphatic carbocycles. The van der Waals surface area contributed by atoms with E-state index in [0.29, 0.717) is 37.8 Å². The molecule has 1 atom stereocenters. The number of amides is 1. The predicted molar refractivity (Wildman–Crippen MR) is 117 cm³/mol. The van der Waals surface area contributed by atoms with Crippen LogP contribution in [0.1, 0.15) is 23.9 Å². The molecule has 1 aliphatic rings. The second kappa shape index (κ2) is 9.71. The third kappa shape index (κ3) is 5.38. The summed E-state index contributed by atoms with van der Waals surface area (Å²) < 4.78 is 32.1. The standard InChI is InChI=1S/C21H29N5O4S/c1-24(2)20-13-18(16-12-21(27)26(14-16)10-11-30-4)22-19(23-20)15-25(3)31(28,29)17-8-6-5-7-9-17/h5-9,13,16H,10-12,14-15H2,1-4H3/t16-/m1/s1. The zero-order valence-electron chi connectivity index (χ0n) is 18.4. The highest BCUT2D eigenvalue weighted by Crippen LogP contribution is 2.29. The first-order valence-corrected chi connectivity index (χ1v) is 11.5. The van der Waals surface area contributed by atoms with Crippen molar-refractivity contribution in [1.82, 2.24) is 19.2 Å². The maximum Gasteiger partial charge on any atom is 0.243 e. The van der Waals surface area contributed by atoms with Crippen molar-refractivity contribution in [3.05, 3.63) is 47.9 Å². The van der Waals surface area contributed by atoms with Gasteiger partial charge in [0.1, 0.15) is 11.6 Å². The average Bonchev–Trinajstić information content (AvgIpc) is 3.13. The van der Waals surface area contributed by atoms with Gasteiger partial charge in [-0.3, -0.25) is 4.79 Å². The fourth-order valence-corrected chi connectivity index (χ4v) is 4.60. The Hall–Kier alpha value is -2.56. The third-order valence-electron chi connectivity index (χ3n) is 5.25. The Labute approximate surface area is 183 Å². The van der Waals surface area contributed by atoms with Gasteiger partial charge in [0.15, 0.2) is 0 Å². The number of nitrogens with zero attached hydrogens (tertiary/aromatic N) is 5. The third-order valence-corrected chi connectivity index (χ3v) is 7.07. The summed E-state index contributed by atoms with van der Waals surface area (Å²) in [5.74, 6) is 1.07. The summed E-state index contributed by atoms with van der Waals surface area (Å²) in [6.07, 6.45) is 0.366. The Morgan fingerprint density at radius 3 is 2.52 bits per heavy atom. The number of sulfonamides is 1. The van der Waals surface area contributed by atoms with E-state index in [9.17, 15) is 13.2 Å². The van der Waals surface area contributed by atoms with Crippen LogP contribution in [-0.2, 0) is 26.1 Å². The molecule has 0 radical (unpaired) electrons. The molecule has 1 aliphatic heterocycles. The van der Waals surface area contributed by atoms with E-state index in [1.54, 1.807) is 42.3 Å². The maximum absolute atomic E-state index is 12.9. The highest BCUT2D eigenvalue weighted by Gasteiger charge is 2.32. The number of methoxy groups -OCH3 is 1. The molecule has 10 heteroatoms. The molecule has 9 nitrogen and oxygen atoms in total. The lowest BCUT2D eigenvalue weighted by Gasteiger charge is -2.20. The van der Waals surface area contributed by atoms with Gasteiger partial charge in [0.2, 0.25) is 15.9 Å². The quantitative estimate of drug-likeness (QED) is 0.572. The maximum atomic E-state index is 12.9. The van der Waals surface area contributed by atoms with Crippen LogP contribution in [0.3, 0.4) is 0 Å². The van der Waals surface area contributed by atoms with Crippen molar-refractivity contribution in [2.75, 3.05) is 52.8 Å². The minimum absolute atomic E-state index is 0.0277. The number of likely N-dealkylation sites (tertiary alicyclic amines) is 1. The normalized spacial score (nSPS) is 16.9. The molecule has 1 aromatic carbocycles. The van der Waals surface area contributed by atoms with E-state index in [1.807, 2.05) is 25.1 Å². The highest BCUT2D eigenvalue weighted by molar-refractivity contribution is 7.89. The topological polar surface area (TPSA) is 95.9 Å². The van der Waals surface area contributed by atoms with Gasteiger partial charge in [-0.25, -0.2) is 18.4 Å². The minimum atomic E-state index is -3.67. The van der Waals surface area contributed by atoms with Gasteiger partial charge >= 0.3 is 0 Å². The molecule has 1 aromatic heterocycles. The minimum Gasteiger partial charge on any atom is -0.383 e. The predicted octanol–water partition coefficient (Wildman–Crippen LogP) is 1.33. The first kappa shape index (κ1) is 23.1. The molecule has 0 spiro atoms. The first-order chi connectivity index (χ1) is 14.7. The molecular weight excluding hydrogens is 418 g/mol. The number of benzene rings is 1. The molecule has 0 saturated carbocycles. The number of ether oxygens (including phenoxy) is 1. The Morgan fingerprint density at radius 2 is 1.87 bits per heavy atom. The molecule has 3 rings (SSSR count). The monoisotopic (exact) mass is 447 g/mol. The molecule has 1 saturated heterocycles. The summed E-state index contributed by atoms with van der Waals surface area (Å²) in [5.41, 5.74) is 0.743. The van der Waals surface area contributed by atoms with Crippen LogP contribution in [0.15, 0.2) is 41.3 Å². The van der Waals surface area contributed by atoms with E-state index in [1.165, 1.54) is 11.4 Å². The van der Waals surface area contributed by atoms with Crippen LogP contribution in [0.4, 0.5) is 5.82 Å². The number of hydrogen-bond acceptors (Lipinski definition) is 7. The molecule has 1 amide bonds. The molecule has 0 unspecified atom stereocenters. The van der Waals surface area contributed by atoms with Crippen LogP contribution in [-0.4, -0.2) is 81.4 Å². The second-order valence-electron chi connectivity index (χ2n) is 7.77. The number of carbonyl (C=O) groups is 1. The smallest absolute Gasteiger partial charge is 0.243 e. The lowest BCUT2D eigenvalue weighted by molar-refractivity contribution is -0.128. The van der Waals surface area contributed by atoms with Gasteiger partial charge in [-0.05, 0) is 12.1 Å². The number of rotatable bonds is 9. The number of hydrogen-bond donors (Lipinski definition) is 0. The summed E-state index contributed by atoms with van der Waals surface area (Å²) in [4.78, 5) is 25.4. The molecule has 2 aromatic rings.